The number of halogens is 2. The van der Waals surface area contributed by atoms with Crippen molar-refractivity contribution in [2.24, 2.45) is 5.73 Å². The highest BCUT2D eigenvalue weighted by Crippen LogP contribution is 2.26. The zero-order chi connectivity index (χ0) is 10.7. The van der Waals surface area contributed by atoms with E-state index in [1.165, 1.54) is 6.07 Å². The summed E-state index contributed by atoms with van der Waals surface area (Å²) in [6, 6.07) is 1.52. The molecule has 0 aliphatic carbocycles. The lowest BCUT2D eigenvalue weighted by atomic mass is 9.98. The minimum Gasteiger partial charge on any atom is -0.330 e. The summed E-state index contributed by atoms with van der Waals surface area (Å²) in [6.07, 6.45) is 1.75. The molecular formula is C11H15BrFN. The summed E-state index contributed by atoms with van der Waals surface area (Å²) in [4.78, 5) is 0. The van der Waals surface area contributed by atoms with Crippen molar-refractivity contribution in [1.29, 1.82) is 0 Å². The molecular weight excluding hydrogens is 245 g/mol. The van der Waals surface area contributed by atoms with Gasteiger partial charge in [0.25, 0.3) is 0 Å². The van der Waals surface area contributed by atoms with E-state index in [1.54, 1.807) is 0 Å². The van der Waals surface area contributed by atoms with Crippen LogP contribution in [0.1, 0.15) is 23.1 Å². The van der Waals surface area contributed by atoms with E-state index >= 15 is 0 Å². The van der Waals surface area contributed by atoms with Gasteiger partial charge in [0, 0.05) is 4.47 Å². The van der Waals surface area contributed by atoms with Gasteiger partial charge in [-0.2, -0.15) is 0 Å². The quantitative estimate of drug-likeness (QED) is 0.887. The minimum atomic E-state index is -0.144. The predicted molar refractivity (Wildman–Crippen MR) is 60.9 cm³/mol. The monoisotopic (exact) mass is 259 g/mol. The molecule has 78 valence electrons. The van der Waals surface area contributed by atoms with E-state index in [2.05, 4.69) is 15.9 Å². The SMILES string of the molecule is Cc1c(F)cc(Br)c(C)c1CCCN. The Hall–Kier alpha value is -0.410. The van der Waals surface area contributed by atoms with Crippen LogP contribution < -0.4 is 5.73 Å². The van der Waals surface area contributed by atoms with E-state index in [-0.39, 0.29) is 5.82 Å². The van der Waals surface area contributed by atoms with Crippen LogP contribution in [0.5, 0.6) is 0 Å². The lowest BCUT2D eigenvalue weighted by molar-refractivity contribution is 0.612. The Bertz CT molecular complexity index is 310. The molecule has 0 saturated heterocycles. The molecule has 0 unspecified atom stereocenters. The molecule has 0 aliphatic rings. The van der Waals surface area contributed by atoms with Gasteiger partial charge in [0.05, 0.1) is 0 Å². The lowest BCUT2D eigenvalue weighted by Crippen LogP contribution is -2.04. The normalized spacial score (nSPS) is 10.6. The van der Waals surface area contributed by atoms with Crippen molar-refractivity contribution in [3.63, 3.8) is 0 Å². The highest BCUT2D eigenvalue weighted by molar-refractivity contribution is 9.10. The first kappa shape index (κ1) is 11.7. The molecule has 0 saturated carbocycles. The van der Waals surface area contributed by atoms with Crippen LogP contribution in [0.25, 0.3) is 0 Å². The average molecular weight is 260 g/mol. The first-order valence-corrected chi connectivity index (χ1v) is 5.51. The molecule has 3 heteroatoms. The van der Waals surface area contributed by atoms with Crippen LogP contribution in [-0.4, -0.2) is 6.54 Å². The van der Waals surface area contributed by atoms with Crippen LogP contribution >= 0.6 is 15.9 Å². The number of hydrogen-bond donors (Lipinski definition) is 1. The second-order valence-corrected chi connectivity index (χ2v) is 4.32. The highest BCUT2D eigenvalue weighted by Gasteiger charge is 2.10. The summed E-state index contributed by atoms with van der Waals surface area (Å²) < 4.78 is 14.2. The third kappa shape index (κ3) is 2.34. The van der Waals surface area contributed by atoms with Crippen molar-refractivity contribution in [2.45, 2.75) is 26.7 Å². The van der Waals surface area contributed by atoms with Gasteiger partial charge in [-0.25, -0.2) is 4.39 Å². The number of benzene rings is 1. The molecule has 1 nitrogen and oxygen atoms in total. The van der Waals surface area contributed by atoms with E-state index in [9.17, 15) is 4.39 Å². The van der Waals surface area contributed by atoms with E-state index in [4.69, 9.17) is 5.73 Å². The zero-order valence-electron chi connectivity index (χ0n) is 8.53. The van der Waals surface area contributed by atoms with Crippen molar-refractivity contribution < 1.29 is 4.39 Å². The minimum absolute atomic E-state index is 0.144. The molecule has 0 aromatic heterocycles. The first-order valence-electron chi connectivity index (χ1n) is 4.72. The third-order valence-corrected chi connectivity index (χ3v) is 3.33. The van der Waals surface area contributed by atoms with Crippen LogP contribution in [0.15, 0.2) is 10.5 Å². The zero-order valence-corrected chi connectivity index (χ0v) is 10.1. The molecule has 0 amide bonds. The van der Waals surface area contributed by atoms with Gasteiger partial charge in [-0.1, -0.05) is 15.9 Å². The predicted octanol–water partition coefficient (Wildman–Crippen LogP) is 3.10. The Kier molecular flexibility index (Phi) is 4.08. The van der Waals surface area contributed by atoms with Gasteiger partial charge in [0.2, 0.25) is 0 Å². The van der Waals surface area contributed by atoms with Crippen LogP contribution in [0.2, 0.25) is 0 Å². The van der Waals surface area contributed by atoms with Gasteiger partial charge in [-0.05, 0) is 56.0 Å². The third-order valence-electron chi connectivity index (χ3n) is 2.51. The van der Waals surface area contributed by atoms with E-state index < -0.39 is 0 Å². The smallest absolute Gasteiger partial charge is 0.127 e. The van der Waals surface area contributed by atoms with Crippen molar-refractivity contribution in [1.82, 2.24) is 0 Å². The van der Waals surface area contributed by atoms with Crippen molar-refractivity contribution in [3.8, 4) is 0 Å². The molecule has 1 rings (SSSR count). The second kappa shape index (κ2) is 4.89. The van der Waals surface area contributed by atoms with Crippen molar-refractivity contribution >= 4 is 15.9 Å². The van der Waals surface area contributed by atoms with Gasteiger partial charge in [0.1, 0.15) is 5.82 Å². The Morgan fingerprint density at radius 2 is 2.00 bits per heavy atom. The summed E-state index contributed by atoms with van der Waals surface area (Å²) in [7, 11) is 0. The molecule has 0 bridgehead atoms. The van der Waals surface area contributed by atoms with Crippen LogP contribution in [0, 0.1) is 19.7 Å². The molecule has 0 heterocycles. The number of nitrogens with two attached hydrogens (primary N) is 1. The Balaban J connectivity index is 3.11. The van der Waals surface area contributed by atoms with E-state index in [0.29, 0.717) is 6.54 Å². The molecule has 14 heavy (non-hydrogen) atoms. The van der Waals surface area contributed by atoms with Gasteiger partial charge in [0.15, 0.2) is 0 Å². The maximum absolute atomic E-state index is 13.4. The molecule has 1 aromatic rings. The molecule has 0 spiro atoms. The van der Waals surface area contributed by atoms with Gasteiger partial charge < -0.3 is 5.73 Å². The van der Waals surface area contributed by atoms with Gasteiger partial charge >= 0.3 is 0 Å². The maximum atomic E-state index is 13.4. The summed E-state index contributed by atoms with van der Waals surface area (Å²) in [6.45, 7) is 4.47. The number of rotatable bonds is 3. The topological polar surface area (TPSA) is 26.0 Å². The molecule has 0 atom stereocenters. The van der Waals surface area contributed by atoms with E-state index in [0.717, 1.165) is 34.0 Å². The maximum Gasteiger partial charge on any atom is 0.127 e. The van der Waals surface area contributed by atoms with Gasteiger partial charge in [-0.3, -0.25) is 0 Å². The molecule has 0 fully saturated rings. The molecule has 1 aromatic carbocycles. The largest absolute Gasteiger partial charge is 0.330 e. The average Bonchev–Trinajstić information content (AvgIpc) is 2.15. The van der Waals surface area contributed by atoms with Crippen LogP contribution in [-0.2, 0) is 6.42 Å². The summed E-state index contributed by atoms with van der Waals surface area (Å²) >= 11 is 3.35. The summed E-state index contributed by atoms with van der Waals surface area (Å²) in [5.41, 5.74) is 8.40. The second-order valence-electron chi connectivity index (χ2n) is 3.46. The standard InChI is InChI=1S/C11H15BrFN/c1-7-9(4-3-5-14)8(2)11(13)6-10(7)12/h6H,3-5,14H2,1-2H3. The molecule has 0 radical (unpaired) electrons. The highest BCUT2D eigenvalue weighted by atomic mass is 79.9. The fraction of sp³-hybridized carbons (Fsp3) is 0.455. The van der Waals surface area contributed by atoms with Crippen molar-refractivity contribution in [3.05, 3.63) is 33.0 Å². The van der Waals surface area contributed by atoms with E-state index in [1.807, 2.05) is 13.8 Å². The fourth-order valence-electron chi connectivity index (χ4n) is 1.55. The number of hydrogen-bond acceptors (Lipinski definition) is 1. The molecule has 2 N–H and O–H groups in total. The summed E-state index contributed by atoms with van der Waals surface area (Å²) in [5.74, 6) is -0.144. The Labute approximate surface area is 92.6 Å². The van der Waals surface area contributed by atoms with Gasteiger partial charge in [-0.15, -0.1) is 0 Å². The van der Waals surface area contributed by atoms with Crippen LogP contribution in [0.4, 0.5) is 4.39 Å². The lowest BCUT2D eigenvalue weighted by Gasteiger charge is -2.12. The Morgan fingerprint density at radius 3 is 2.57 bits per heavy atom. The first-order chi connectivity index (χ1) is 6.57. The molecule has 0 aliphatic heterocycles. The Morgan fingerprint density at radius 1 is 1.36 bits per heavy atom. The summed E-state index contributed by atoms with van der Waals surface area (Å²) in [5, 5.41) is 0. The van der Waals surface area contributed by atoms with Crippen molar-refractivity contribution in [2.75, 3.05) is 6.54 Å². The van der Waals surface area contributed by atoms with Crippen LogP contribution in [0.3, 0.4) is 0 Å². The fourth-order valence-corrected chi connectivity index (χ4v) is 1.99.